The van der Waals surface area contributed by atoms with Gasteiger partial charge in [0.1, 0.15) is 5.15 Å². The summed E-state index contributed by atoms with van der Waals surface area (Å²) in [5.74, 6) is 7.31. The molecule has 0 spiro atoms. The zero-order chi connectivity index (χ0) is 15.5. The van der Waals surface area contributed by atoms with Crippen LogP contribution in [0.5, 0.6) is 0 Å². The Morgan fingerprint density at radius 1 is 1.14 bits per heavy atom. The lowest BCUT2D eigenvalue weighted by atomic mass is 10.2. The third kappa shape index (κ3) is 3.35. The second kappa shape index (κ2) is 6.56. The van der Waals surface area contributed by atoms with Gasteiger partial charge in [0, 0.05) is 22.5 Å². The van der Waals surface area contributed by atoms with E-state index in [0.29, 0.717) is 26.9 Å². The molecule has 0 atom stereocenters. The Hall–Kier alpha value is -1.76. The topological polar surface area (TPSA) is 69.6 Å². The van der Waals surface area contributed by atoms with Crippen LogP contribution in [-0.2, 0) is 5.75 Å². The van der Waals surface area contributed by atoms with Crippen LogP contribution in [0.25, 0.3) is 11.4 Å². The van der Waals surface area contributed by atoms with E-state index < -0.39 is 0 Å². The van der Waals surface area contributed by atoms with E-state index in [4.69, 9.17) is 29.0 Å². The van der Waals surface area contributed by atoms with Crippen molar-refractivity contribution in [3.8, 4) is 11.4 Å². The second-order valence-corrected chi connectivity index (χ2v) is 6.23. The summed E-state index contributed by atoms with van der Waals surface area (Å²) in [7, 11) is 0. The smallest absolute Gasteiger partial charge is 0.210 e. The van der Waals surface area contributed by atoms with Crippen LogP contribution in [0.4, 0.5) is 0 Å². The van der Waals surface area contributed by atoms with E-state index in [-0.39, 0.29) is 0 Å². The van der Waals surface area contributed by atoms with E-state index in [9.17, 15) is 0 Å². The van der Waals surface area contributed by atoms with Crippen molar-refractivity contribution >= 4 is 35.0 Å². The lowest BCUT2D eigenvalue weighted by Crippen LogP contribution is -2.11. The maximum absolute atomic E-state index is 6.06. The first kappa shape index (κ1) is 15.1. The van der Waals surface area contributed by atoms with Gasteiger partial charge in [-0.3, -0.25) is 0 Å². The SMILES string of the molecule is Nn1c(SCc2ccc(Cl)nc2)nnc1-c1cccc(Cl)c1. The molecule has 0 bridgehead atoms. The van der Waals surface area contributed by atoms with Gasteiger partial charge in [-0.2, -0.15) is 0 Å². The van der Waals surface area contributed by atoms with Gasteiger partial charge in [0.2, 0.25) is 5.16 Å². The number of benzene rings is 1. The van der Waals surface area contributed by atoms with Crippen LogP contribution >= 0.6 is 35.0 Å². The normalized spacial score (nSPS) is 10.8. The standard InChI is InChI=1S/C14H11Cl2N5S/c15-11-3-1-2-10(6-11)13-19-20-14(21(13)17)22-8-9-4-5-12(16)18-7-9/h1-7H,8,17H2. The Kier molecular flexibility index (Phi) is 4.52. The van der Waals surface area contributed by atoms with Crippen molar-refractivity contribution in [3.63, 3.8) is 0 Å². The molecule has 8 heteroatoms. The minimum absolute atomic E-state index is 0.471. The highest BCUT2D eigenvalue weighted by Gasteiger charge is 2.12. The van der Waals surface area contributed by atoms with Crippen LogP contribution in [0.2, 0.25) is 10.2 Å². The first-order chi connectivity index (χ1) is 10.6. The van der Waals surface area contributed by atoms with Crippen molar-refractivity contribution in [2.45, 2.75) is 10.9 Å². The largest absolute Gasteiger partial charge is 0.335 e. The molecule has 5 nitrogen and oxygen atoms in total. The van der Waals surface area contributed by atoms with Gasteiger partial charge >= 0.3 is 0 Å². The van der Waals surface area contributed by atoms with Gasteiger partial charge in [-0.25, -0.2) is 9.66 Å². The average Bonchev–Trinajstić information content (AvgIpc) is 2.88. The molecule has 0 saturated heterocycles. The predicted molar refractivity (Wildman–Crippen MR) is 89.4 cm³/mol. The third-order valence-corrected chi connectivity index (χ3v) is 4.38. The molecule has 2 aromatic heterocycles. The van der Waals surface area contributed by atoms with Crippen molar-refractivity contribution in [1.82, 2.24) is 19.9 Å². The molecule has 1 aromatic carbocycles. The molecule has 22 heavy (non-hydrogen) atoms. The molecule has 0 fully saturated rings. The molecule has 0 unspecified atom stereocenters. The zero-order valence-corrected chi connectivity index (χ0v) is 13.6. The molecular weight excluding hydrogens is 341 g/mol. The van der Waals surface area contributed by atoms with Gasteiger partial charge in [-0.1, -0.05) is 53.2 Å². The molecular formula is C14H11Cl2N5S. The van der Waals surface area contributed by atoms with Crippen molar-refractivity contribution in [2.24, 2.45) is 0 Å². The molecule has 2 N–H and O–H groups in total. The number of nitrogens with zero attached hydrogens (tertiary/aromatic N) is 4. The summed E-state index contributed by atoms with van der Waals surface area (Å²) in [5, 5.41) is 9.95. The van der Waals surface area contributed by atoms with Crippen LogP contribution in [0.1, 0.15) is 5.56 Å². The van der Waals surface area contributed by atoms with Crippen molar-refractivity contribution in [1.29, 1.82) is 0 Å². The number of rotatable bonds is 4. The third-order valence-electron chi connectivity index (χ3n) is 2.90. The number of nitrogens with two attached hydrogens (primary N) is 1. The summed E-state index contributed by atoms with van der Waals surface area (Å²) >= 11 is 13.2. The first-order valence-corrected chi connectivity index (χ1v) is 8.07. The van der Waals surface area contributed by atoms with Crippen molar-refractivity contribution < 1.29 is 0 Å². The second-order valence-electron chi connectivity index (χ2n) is 4.46. The van der Waals surface area contributed by atoms with Gasteiger partial charge in [0.15, 0.2) is 5.82 Å². The van der Waals surface area contributed by atoms with Gasteiger partial charge in [0.25, 0.3) is 0 Å². The lowest BCUT2D eigenvalue weighted by molar-refractivity contribution is 0.849. The fourth-order valence-electron chi connectivity index (χ4n) is 1.84. The van der Waals surface area contributed by atoms with Crippen LogP contribution in [-0.4, -0.2) is 19.9 Å². The molecule has 0 amide bonds. The van der Waals surface area contributed by atoms with E-state index in [1.54, 1.807) is 24.4 Å². The van der Waals surface area contributed by atoms with Crippen LogP contribution in [0.3, 0.4) is 0 Å². The highest BCUT2D eigenvalue weighted by Crippen LogP contribution is 2.25. The average molecular weight is 352 g/mol. The molecule has 2 heterocycles. The summed E-state index contributed by atoms with van der Waals surface area (Å²) in [6.07, 6.45) is 1.73. The van der Waals surface area contributed by atoms with Gasteiger partial charge in [0.05, 0.1) is 0 Å². The van der Waals surface area contributed by atoms with Gasteiger partial charge < -0.3 is 5.84 Å². The van der Waals surface area contributed by atoms with Crippen LogP contribution in [0.15, 0.2) is 47.8 Å². The number of halogens is 2. The molecule has 3 rings (SSSR count). The van der Waals surface area contributed by atoms with Crippen LogP contribution < -0.4 is 5.84 Å². The fourth-order valence-corrected chi connectivity index (χ4v) is 2.93. The Morgan fingerprint density at radius 2 is 2.00 bits per heavy atom. The monoisotopic (exact) mass is 351 g/mol. The van der Waals surface area contributed by atoms with E-state index in [1.807, 2.05) is 18.2 Å². The zero-order valence-electron chi connectivity index (χ0n) is 11.3. The Morgan fingerprint density at radius 3 is 2.73 bits per heavy atom. The molecule has 0 aliphatic carbocycles. The van der Waals surface area contributed by atoms with Crippen molar-refractivity contribution in [3.05, 3.63) is 58.3 Å². The molecule has 3 aromatic rings. The van der Waals surface area contributed by atoms with Gasteiger partial charge in [-0.15, -0.1) is 10.2 Å². The molecule has 0 aliphatic rings. The van der Waals surface area contributed by atoms with Crippen molar-refractivity contribution in [2.75, 3.05) is 5.84 Å². The number of thioether (sulfide) groups is 1. The molecule has 0 aliphatic heterocycles. The minimum atomic E-state index is 0.471. The Bertz CT molecular complexity index is 788. The first-order valence-electron chi connectivity index (χ1n) is 6.33. The minimum Gasteiger partial charge on any atom is -0.335 e. The van der Waals surface area contributed by atoms with E-state index in [1.165, 1.54) is 16.4 Å². The predicted octanol–water partition coefficient (Wildman–Crippen LogP) is 3.65. The summed E-state index contributed by atoms with van der Waals surface area (Å²) in [6, 6.07) is 11.0. The number of hydrogen-bond donors (Lipinski definition) is 1. The summed E-state index contributed by atoms with van der Waals surface area (Å²) in [6.45, 7) is 0. The molecule has 112 valence electrons. The molecule has 0 radical (unpaired) electrons. The van der Waals surface area contributed by atoms with Crippen LogP contribution in [0, 0.1) is 0 Å². The van der Waals surface area contributed by atoms with Gasteiger partial charge in [-0.05, 0) is 23.8 Å². The number of nitrogen functional groups attached to an aromatic ring is 1. The maximum atomic E-state index is 6.06. The Labute approximate surface area is 141 Å². The summed E-state index contributed by atoms with van der Waals surface area (Å²) in [5.41, 5.74) is 1.85. The number of aromatic nitrogens is 4. The lowest BCUT2D eigenvalue weighted by Gasteiger charge is -2.04. The quantitative estimate of drug-likeness (QED) is 0.441. The summed E-state index contributed by atoms with van der Waals surface area (Å²) in [4.78, 5) is 4.04. The van der Waals surface area contributed by atoms with E-state index in [2.05, 4.69) is 15.2 Å². The van der Waals surface area contributed by atoms with E-state index >= 15 is 0 Å². The number of pyridine rings is 1. The maximum Gasteiger partial charge on any atom is 0.210 e. The van der Waals surface area contributed by atoms with E-state index in [0.717, 1.165) is 11.1 Å². The summed E-state index contributed by atoms with van der Waals surface area (Å²) < 4.78 is 1.46. The highest BCUT2D eigenvalue weighted by molar-refractivity contribution is 7.98. The highest BCUT2D eigenvalue weighted by atomic mass is 35.5. The molecule has 0 saturated carbocycles. The fraction of sp³-hybridized carbons (Fsp3) is 0.0714. The Balaban J connectivity index is 1.77. The number of hydrogen-bond acceptors (Lipinski definition) is 5.